The maximum atomic E-state index is 11.9. The van der Waals surface area contributed by atoms with Crippen molar-refractivity contribution >= 4 is 21.9 Å². The minimum atomic E-state index is -0.137. The Kier molecular flexibility index (Phi) is 3.54. The highest BCUT2D eigenvalue weighted by molar-refractivity contribution is 9.10. The Morgan fingerprint density at radius 2 is 2.35 bits per heavy atom. The summed E-state index contributed by atoms with van der Waals surface area (Å²) in [4.78, 5) is 25.1. The van der Waals surface area contributed by atoms with Crippen LogP contribution < -0.4 is 11.3 Å². The predicted octanol–water partition coefficient (Wildman–Crippen LogP) is 1.07. The molecule has 0 fully saturated rings. The van der Waals surface area contributed by atoms with Crippen molar-refractivity contribution in [2.75, 3.05) is 12.3 Å². The lowest BCUT2D eigenvalue weighted by atomic mass is 10.1. The van der Waals surface area contributed by atoms with Gasteiger partial charge in [0, 0.05) is 32.3 Å². The van der Waals surface area contributed by atoms with Gasteiger partial charge in [-0.2, -0.15) is 0 Å². The van der Waals surface area contributed by atoms with Crippen LogP contribution in [0, 0.1) is 0 Å². The monoisotopic (exact) mass is 335 g/mol. The molecule has 3 N–H and O–H groups in total. The Hall–Kier alpha value is -1.73. The zero-order valence-electron chi connectivity index (χ0n) is 10.8. The summed E-state index contributed by atoms with van der Waals surface area (Å²) in [6.45, 7) is 2.18. The van der Waals surface area contributed by atoms with Crippen LogP contribution in [0.25, 0.3) is 0 Å². The highest BCUT2D eigenvalue weighted by atomic mass is 79.9. The fourth-order valence-electron chi connectivity index (χ4n) is 2.41. The van der Waals surface area contributed by atoms with E-state index in [-0.39, 0.29) is 11.5 Å². The predicted molar refractivity (Wildman–Crippen MR) is 79.0 cm³/mol. The van der Waals surface area contributed by atoms with Crippen molar-refractivity contribution in [2.45, 2.75) is 19.5 Å². The third-order valence-electron chi connectivity index (χ3n) is 3.40. The lowest BCUT2D eigenvalue weighted by molar-refractivity contribution is 0.241. The van der Waals surface area contributed by atoms with Crippen LogP contribution in [0.3, 0.4) is 0 Å². The highest BCUT2D eigenvalue weighted by Gasteiger charge is 2.21. The average molecular weight is 336 g/mol. The zero-order chi connectivity index (χ0) is 14.1. The molecule has 0 spiro atoms. The number of nitrogens with zero attached hydrogens (tertiary/aromatic N) is 3. The van der Waals surface area contributed by atoms with Crippen molar-refractivity contribution in [3.05, 3.63) is 50.1 Å². The van der Waals surface area contributed by atoms with E-state index in [4.69, 9.17) is 5.73 Å². The summed E-state index contributed by atoms with van der Waals surface area (Å²) in [7, 11) is 0. The molecule has 0 aromatic carbocycles. The number of pyridine rings is 1. The number of H-pyrrole nitrogens is 1. The number of aromatic amines is 1. The first-order chi connectivity index (χ1) is 9.63. The summed E-state index contributed by atoms with van der Waals surface area (Å²) in [6.07, 6.45) is 2.48. The molecule has 2 aromatic rings. The Morgan fingerprint density at radius 3 is 3.15 bits per heavy atom. The Morgan fingerprint density at radius 1 is 1.50 bits per heavy atom. The molecule has 7 heteroatoms. The largest absolute Gasteiger partial charge is 0.369 e. The van der Waals surface area contributed by atoms with E-state index in [1.165, 1.54) is 0 Å². The first kappa shape index (κ1) is 13.3. The number of hydrogen-bond acceptors (Lipinski definition) is 5. The normalized spacial score (nSPS) is 15.1. The third-order valence-corrected chi connectivity index (χ3v) is 4.11. The molecule has 0 bridgehead atoms. The molecule has 0 unspecified atom stereocenters. The molecule has 6 nitrogen and oxygen atoms in total. The number of nitrogens with two attached hydrogens (primary N) is 1. The van der Waals surface area contributed by atoms with Gasteiger partial charge in [-0.1, -0.05) is 6.07 Å². The second-order valence-corrected chi connectivity index (χ2v) is 5.54. The Labute approximate surface area is 124 Å². The van der Waals surface area contributed by atoms with Gasteiger partial charge < -0.3 is 5.73 Å². The molecule has 0 aliphatic carbocycles. The van der Waals surface area contributed by atoms with Gasteiger partial charge in [-0.25, -0.2) is 9.97 Å². The van der Waals surface area contributed by atoms with Crippen LogP contribution in [0.5, 0.6) is 0 Å². The third kappa shape index (κ3) is 2.59. The van der Waals surface area contributed by atoms with Crippen molar-refractivity contribution < 1.29 is 0 Å². The van der Waals surface area contributed by atoms with Gasteiger partial charge in [-0.3, -0.25) is 14.7 Å². The molecule has 3 rings (SSSR count). The Bertz CT molecular complexity index is 699. The molecule has 1 aliphatic heterocycles. The first-order valence-electron chi connectivity index (χ1n) is 6.33. The van der Waals surface area contributed by atoms with Gasteiger partial charge in [-0.15, -0.1) is 0 Å². The Balaban J connectivity index is 1.83. The van der Waals surface area contributed by atoms with Crippen LogP contribution >= 0.6 is 15.9 Å². The summed E-state index contributed by atoms with van der Waals surface area (Å²) in [5.41, 5.74) is 8.06. The van der Waals surface area contributed by atoms with E-state index in [1.54, 1.807) is 6.20 Å². The smallest absolute Gasteiger partial charge is 0.257 e. The number of nitrogens with one attached hydrogen (secondary N) is 1. The molecule has 104 valence electrons. The van der Waals surface area contributed by atoms with Crippen LogP contribution in [0.1, 0.15) is 16.8 Å². The maximum absolute atomic E-state index is 11.9. The number of halogens is 1. The summed E-state index contributed by atoms with van der Waals surface area (Å²) in [6, 6.07) is 3.94. The second-order valence-electron chi connectivity index (χ2n) is 4.79. The minimum absolute atomic E-state index is 0.137. The summed E-state index contributed by atoms with van der Waals surface area (Å²) < 4.78 is 0.843. The van der Waals surface area contributed by atoms with Crippen LogP contribution in [-0.4, -0.2) is 26.4 Å². The molecular weight excluding hydrogens is 322 g/mol. The van der Waals surface area contributed by atoms with Gasteiger partial charge in [0.2, 0.25) is 5.95 Å². The minimum Gasteiger partial charge on any atom is -0.369 e. The van der Waals surface area contributed by atoms with Crippen molar-refractivity contribution in [1.29, 1.82) is 0 Å². The highest BCUT2D eigenvalue weighted by Crippen LogP contribution is 2.19. The van der Waals surface area contributed by atoms with Crippen molar-refractivity contribution in [1.82, 2.24) is 19.9 Å². The zero-order valence-corrected chi connectivity index (χ0v) is 12.4. The van der Waals surface area contributed by atoms with Gasteiger partial charge >= 0.3 is 0 Å². The molecule has 20 heavy (non-hydrogen) atoms. The van der Waals surface area contributed by atoms with Crippen molar-refractivity contribution in [3.63, 3.8) is 0 Å². The average Bonchev–Trinajstić information content (AvgIpc) is 2.42. The number of aromatic nitrogens is 3. The second kappa shape index (κ2) is 5.34. The van der Waals surface area contributed by atoms with Crippen molar-refractivity contribution in [3.8, 4) is 0 Å². The van der Waals surface area contributed by atoms with Crippen molar-refractivity contribution in [2.24, 2.45) is 0 Å². The van der Waals surface area contributed by atoms with E-state index in [1.807, 2.05) is 12.1 Å². The van der Waals surface area contributed by atoms with Gasteiger partial charge in [0.05, 0.1) is 11.3 Å². The van der Waals surface area contributed by atoms with E-state index in [9.17, 15) is 4.79 Å². The molecule has 3 heterocycles. The van der Waals surface area contributed by atoms with Crippen LogP contribution in [-0.2, 0) is 19.5 Å². The van der Waals surface area contributed by atoms with Crippen LogP contribution in [0.4, 0.5) is 5.95 Å². The summed E-state index contributed by atoms with van der Waals surface area (Å²) in [5.74, 6) is 0.192. The fraction of sp³-hybridized carbons (Fsp3) is 0.308. The molecule has 0 saturated heterocycles. The number of hydrogen-bond donors (Lipinski definition) is 2. The lowest BCUT2D eigenvalue weighted by Crippen LogP contribution is -2.35. The standard InChI is InChI=1S/C13H14BrN5O/c14-11-8(2-1-4-16-11)6-19-5-3-10-9(7-19)12(20)18-13(15)17-10/h1-2,4H,3,5-7H2,(H3,15,17,18,20). The van der Waals surface area contributed by atoms with Gasteiger partial charge in [-0.05, 0) is 27.6 Å². The molecule has 0 radical (unpaired) electrons. The van der Waals surface area contributed by atoms with Gasteiger partial charge in [0.1, 0.15) is 4.60 Å². The SMILES string of the molecule is Nc1nc2c(c(=O)[nH]1)CN(Cc1cccnc1Br)CC2. The van der Waals surface area contributed by atoms with E-state index in [0.29, 0.717) is 12.1 Å². The van der Waals surface area contributed by atoms with Gasteiger partial charge in [0.25, 0.3) is 5.56 Å². The van der Waals surface area contributed by atoms with E-state index >= 15 is 0 Å². The number of anilines is 1. The molecule has 0 atom stereocenters. The lowest BCUT2D eigenvalue weighted by Gasteiger charge is -2.27. The number of fused-ring (bicyclic) bond motifs is 1. The number of nitrogen functional groups attached to an aromatic ring is 1. The topological polar surface area (TPSA) is 87.9 Å². The summed E-state index contributed by atoms with van der Waals surface area (Å²) >= 11 is 3.44. The maximum Gasteiger partial charge on any atom is 0.257 e. The molecule has 2 aromatic heterocycles. The van der Waals surface area contributed by atoms with E-state index < -0.39 is 0 Å². The van der Waals surface area contributed by atoms with Crippen LogP contribution in [0.2, 0.25) is 0 Å². The molecule has 0 saturated carbocycles. The summed E-state index contributed by atoms with van der Waals surface area (Å²) in [5, 5.41) is 0. The number of rotatable bonds is 2. The molecule has 0 amide bonds. The van der Waals surface area contributed by atoms with E-state index in [0.717, 1.165) is 35.4 Å². The molecule has 1 aliphatic rings. The first-order valence-corrected chi connectivity index (χ1v) is 7.12. The van der Waals surface area contributed by atoms with Crippen LogP contribution in [0.15, 0.2) is 27.7 Å². The quantitative estimate of drug-likeness (QED) is 0.801. The molecular formula is C13H14BrN5O. The fourth-order valence-corrected chi connectivity index (χ4v) is 2.79. The van der Waals surface area contributed by atoms with E-state index in [2.05, 4.69) is 35.8 Å². The van der Waals surface area contributed by atoms with Gasteiger partial charge in [0.15, 0.2) is 0 Å².